The third-order valence-electron chi connectivity index (χ3n) is 6.54. The monoisotopic (exact) mass is 558 g/mol. The number of para-hydroxylation sites is 1. The topological polar surface area (TPSA) is 159 Å². The number of aromatic carboxylic acids is 1. The van der Waals surface area contributed by atoms with Crippen molar-refractivity contribution < 1.29 is 33.6 Å². The van der Waals surface area contributed by atoms with E-state index in [-0.39, 0.29) is 17.1 Å². The molecule has 41 heavy (non-hydrogen) atoms. The molecule has 6 rings (SSSR count). The number of nitrogens with zero attached hydrogens (tertiary/aromatic N) is 4. The van der Waals surface area contributed by atoms with E-state index < -0.39 is 43.0 Å². The maximum atomic E-state index is 12.1. The molecule has 0 spiro atoms. The molecule has 0 radical (unpaired) electrons. The van der Waals surface area contributed by atoms with E-state index in [1.165, 1.54) is 18.7 Å². The van der Waals surface area contributed by atoms with Crippen molar-refractivity contribution in [2.45, 2.75) is 37.9 Å². The molecule has 2 saturated heterocycles. The molecule has 2 fully saturated rings. The van der Waals surface area contributed by atoms with E-state index >= 15 is 0 Å². The van der Waals surface area contributed by atoms with Crippen LogP contribution in [-0.2, 0) is 14.2 Å². The Balaban J connectivity index is 1.32. The second-order valence-corrected chi connectivity index (χ2v) is 9.18. The summed E-state index contributed by atoms with van der Waals surface area (Å²) < 4.78 is 26.4. The SMILES string of the molecule is CCNC(=O)Nc1ncnc2c1ncn2C1OC(Oc2ccccc2C(=O)O)C2O[C@H](C=Cc3ccccc3)OC21. The van der Waals surface area contributed by atoms with Gasteiger partial charge in [-0.25, -0.2) is 24.5 Å². The quantitative estimate of drug-likeness (QED) is 0.292. The Morgan fingerprint density at radius 1 is 1.02 bits per heavy atom. The second kappa shape index (κ2) is 11.3. The fourth-order valence-corrected chi connectivity index (χ4v) is 4.71. The van der Waals surface area contributed by atoms with E-state index in [9.17, 15) is 14.7 Å². The smallest absolute Gasteiger partial charge is 0.339 e. The Morgan fingerprint density at radius 2 is 1.80 bits per heavy atom. The number of rotatable bonds is 8. The molecular formula is C28H26N6O7. The predicted octanol–water partition coefficient (Wildman–Crippen LogP) is 3.42. The van der Waals surface area contributed by atoms with Crippen LogP contribution in [0.1, 0.15) is 29.1 Å². The van der Waals surface area contributed by atoms with Crippen molar-refractivity contribution in [3.8, 4) is 5.75 Å². The van der Waals surface area contributed by atoms with E-state index in [0.717, 1.165) is 5.56 Å². The highest BCUT2D eigenvalue weighted by molar-refractivity contribution is 5.95. The Labute approximate surface area is 233 Å². The number of carbonyl (C=O) groups is 2. The molecule has 2 aliphatic rings. The summed E-state index contributed by atoms with van der Waals surface area (Å²) in [6.07, 6.45) is 2.54. The zero-order valence-electron chi connectivity index (χ0n) is 21.8. The number of nitrogens with one attached hydrogen (secondary N) is 2. The van der Waals surface area contributed by atoms with Gasteiger partial charge in [-0.15, -0.1) is 0 Å². The van der Waals surface area contributed by atoms with Crippen LogP contribution in [0.3, 0.4) is 0 Å². The van der Waals surface area contributed by atoms with Gasteiger partial charge in [-0.1, -0.05) is 48.5 Å². The lowest BCUT2D eigenvalue weighted by Gasteiger charge is -2.21. The molecule has 5 atom stereocenters. The molecule has 13 nitrogen and oxygen atoms in total. The average molecular weight is 559 g/mol. The first kappa shape index (κ1) is 26.4. The van der Waals surface area contributed by atoms with E-state index in [1.807, 2.05) is 36.4 Å². The van der Waals surface area contributed by atoms with Gasteiger partial charge in [0.1, 0.15) is 23.7 Å². The van der Waals surface area contributed by atoms with Crippen molar-refractivity contribution in [3.63, 3.8) is 0 Å². The zero-order valence-corrected chi connectivity index (χ0v) is 21.8. The summed E-state index contributed by atoms with van der Waals surface area (Å²) in [5.41, 5.74) is 1.68. The summed E-state index contributed by atoms with van der Waals surface area (Å²) >= 11 is 0. The number of carboxylic acids is 1. The molecular weight excluding hydrogens is 532 g/mol. The molecule has 13 heteroatoms. The largest absolute Gasteiger partial charge is 0.478 e. The molecule has 4 heterocycles. The van der Waals surface area contributed by atoms with Crippen molar-refractivity contribution >= 4 is 35.1 Å². The number of carbonyl (C=O) groups excluding carboxylic acids is 1. The number of aromatic nitrogens is 4. The number of hydrogen-bond acceptors (Lipinski definition) is 9. The molecule has 2 aliphatic heterocycles. The van der Waals surface area contributed by atoms with E-state index in [0.29, 0.717) is 17.7 Å². The van der Waals surface area contributed by atoms with Crippen molar-refractivity contribution in [2.75, 3.05) is 11.9 Å². The van der Waals surface area contributed by atoms with Gasteiger partial charge < -0.3 is 29.4 Å². The van der Waals surface area contributed by atoms with Crippen molar-refractivity contribution in [1.29, 1.82) is 0 Å². The maximum Gasteiger partial charge on any atom is 0.339 e. The fraction of sp³-hybridized carbons (Fsp3) is 0.250. The van der Waals surface area contributed by atoms with Crippen LogP contribution in [0.25, 0.3) is 17.2 Å². The van der Waals surface area contributed by atoms with E-state index in [4.69, 9.17) is 18.9 Å². The van der Waals surface area contributed by atoms with Crippen LogP contribution in [0.2, 0.25) is 0 Å². The standard InChI is InChI=1S/C28H26N6O7/c1-2-29-28(37)33-23-20-24(31-14-30-23)34(15-32-20)25-21-22(40-19(39-21)13-12-16-8-4-3-5-9-16)27(41-25)38-18-11-7-6-10-17(18)26(35)36/h3-15,19,21-22,25,27H,2H2,1H3,(H,35,36)(H2,29,30,31,33,37)/t19-,21?,22?,25?,27?/m1/s1. The minimum Gasteiger partial charge on any atom is -0.478 e. The number of urea groups is 1. The molecule has 2 aromatic carbocycles. The van der Waals surface area contributed by atoms with Gasteiger partial charge in [-0.05, 0) is 30.7 Å². The molecule has 0 bridgehead atoms. The average Bonchev–Trinajstić information content (AvgIpc) is 3.68. The first-order chi connectivity index (χ1) is 20.0. The van der Waals surface area contributed by atoms with Crippen LogP contribution in [0.4, 0.5) is 10.6 Å². The number of imidazole rings is 1. The number of ether oxygens (including phenoxy) is 4. The number of anilines is 1. The summed E-state index contributed by atoms with van der Waals surface area (Å²) in [4.78, 5) is 36.8. The van der Waals surface area contributed by atoms with Gasteiger partial charge in [0.2, 0.25) is 6.29 Å². The van der Waals surface area contributed by atoms with Gasteiger partial charge in [-0.3, -0.25) is 9.88 Å². The van der Waals surface area contributed by atoms with Gasteiger partial charge in [-0.2, -0.15) is 0 Å². The zero-order chi connectivity index (χ0) is 28.3. The first-order valence-corrected chi connectivity index (χ1v) is 12.9. The molecule has 4 aromatic rings. The predicted molar refractivity (Wildman–Crippen MR) is 145 cm³/mol. The van der Waals surface area contributed by atoms with Gasteiger partial charge in [0.25, 0.3) is 0 Å². The number of amides is 2. The van der Waals surface area contributed by atoms with Crippen LogP contribution >= 0.6 is 0 Å². The molecule has 0 saturated carbocycles. The van der Waals surface area contributed by atoms with Crippen LogP contribution < -0.4 is 15.4 Å². The third kappa shape index (κ3) is 5.33. The molecule has 210 valence electrons. The molecule has 0 aliphatic carbocycles. The van der Waals surface area contributed by atoms with Crippen molar-refractivity contribution in [1.82, 2.24) is 24.8 Å². The molecule has 2 aromatic heterocycles. The lowest BCUT2D eigenvalue weighted by molar-refractivity contribution is -0.176. The van der Waals surface area contributed by atoms with Crippen molar-refractivity contribution in [3.05, 3.63) is 84.5 Å². The lowest BCUT2D eigenvalue weighted by atomic mass is 10.2. The fourth-order valence-electron chi connectivity index (χ4n) is 4.71. The summed E-state index contributed by atoms with van der Waals surface area (Å²) in [6, 6.07) is 15.6. The second-order valence-electron chi connectivity index (χ2n) is 9.18. The van der Waals surface area contributed by atoms with Crippen LogP contribution in [0.15, 0.2) is 73.3 Å². The normalized spacial score (nSPS) is 23.5. The van der Waals surface area contributed by atoms with Gasteiger partial charge in [0, 0.05) is 6.54 Å². The highest BCUT2D eigenvalue weighted by atomic mass is 16.8. The minimum atomic E-state index is -1.14. The van der Waals surface area contributed by atoms with Gasteiger partial charge in [0.15, 0.2) is 35.6 Å². The first-order valence-electron chi connectivity index (χ1n) is 12.9. The molecule has 2 amide bonds. The summed E-state index contributed by atoms with van der Waals surface area (Å²) in [7, 11) is 0. The summed E-state index contributed by atoms with van der Waals surface area (Å²) in [6.45, 7) is 2.24. The van der Waals surface area contributed by atoms with Crippen LogP contribution in [-0.4, -0.2) is 68.0 Å². The highest BCUT2D eigenvalue weighted by Crippen LogP contribution is 2.42. The number of benzene rings is 2. The van der Waals surface area contributed by atoms with E-state index in [2.05, 4.69) is 25.6 Å². The molecule has 4 unspecified atom stereocenters. The van der Waals surface area contributed by atoms with Crippen LogP contribution in [0, 0.1) is 0 Å². The Morgan fingerprint density at radius 3 is 2.61 bits per heavy atom. The number of hydrogen-bond donors (Lipinski definition) is 3. The summed E-state index contributed by atoms with van der Waals surface area (Å²) in [5.74, 6) is -0.782. The highest BCUT2D eigenvalue weighted by Gasteiger charge is 2.55. The lowest BCUT2D eigenvalue weighted by Crippen LogP contribution is -2.33. The Kier molecular flexibility index (Phi) is 7.29. The van der Waals surface area contributed by atoms with Gasteiger partial charge >= 0.3 is 12.0 Å². The third-order valence-corrected chi connectivity index (χ3v) is 6.54. The van der Waals surface area contributed by atoms with Gasteiger partial charge in [0.05, 0.1) is 6.33 Å². The molecule has 3 N–H and O–H groups in total. The van der Waals surface area contributed by atoms with E-state index in [1.54, 1.807) is 35.8 Å². The Bertz CT molecular complexity index is 1590. The summed E-state index contributed by atoms with van der Waals surface area (Å²) in [5, 5.41) is 15.0. The maximum absolute atomic E-state index is 12.1. The Hall–Kier alpha value is -4.85. The number of carboxylic acid groups (broad SMARTS) is 1. The number of fused-ring (bicyclic) bond motifs is 2. The van der Waals surface area contributed by atoms with Crippen LogP contribution in [0.5, 0.6) is 5.75 Å². The minimum absolute atomic E-state index is 0.0163. The van der Waals surface area contributed by atoms with Crippen molar-refractivity contribution in [2.24, 2.45) is 0 Å².